The molecule has 19 heavy (non-hydrogen) atoms. The maximum atomic E-state index is 5.85. The highest BCUT2D eigenvalue weighted by molar-refractivity contribution is 5.38. The van der Waals surface area contributed by atoms with Crippen LogP contribution in [0.1, 0.15) is 30.0 Å². The summed E-state index contributed by atoms with van der Waals surface area (Å²) in [5.41, 5.74) is 8.12. The Labute approximate surface area is 112 Å². The summed E-state index contributed by atoms with van der Waals surface area (Å²) in [7, 11) is 0. The lowest BCUT2D eigenvalue weighted by atomic mass is 10.2. The largest absolute Gasteiger partial charge is 0.492 e. The molecule has 0 unspecified atom stereocenters. The van der Waals surface area contributed by atoms with Gasteiger partial charge in [0.05, 0.1) is 12.2 Å². The van der Waals surface area contributed by atoms with Crippen molar-refractivity contribution in [1.82, 2.24) is 15.0 Å². The third-order valence-electron chi connectivity index (χ3n) is 3.33. The lowest BCUT2D eigenvalue weighted by Gasteiger charge is -2.08. The standard InChI is InChI=1S/C14H18N4O/c1-10-3-2-4-12(9-10)19-8-7-18-13(11-5-6-11)14(15)16-17-18/h2-4,9,11H,5-8,15H2,1H3. The van der Waals surface area contributed by atoms with E-state index in [2.05, 4.69) is 23.3 Å². The highest BCUT2D eigenvalue weighted by Crippen LogP contribution is 2.41. The Morgan fingerprint density at radius 1 is 1.42 bits per heavy atom. The molecule has 1 aliphatic carbocycles. The van der Waals surface area contributed by atoms with Crippen molar-refractivity contribution in [2.75, 3.05) is 12.3 Å². The minimum atomic E-state index is 0.550. The van der Waals surface area contributed by atoms with Crippen molar-refractivity contribution in [2.45, 2.75) is 32.2 Å². The van der Waals surface area contributed by atoms with Crippen molar-refractivity contribution in [3.63, 3.8) is 0 Å². The Morgan fingerprint density at radius 3 is 3.00 bits per heavy atom. The van der Waals surface area contributed by atoms with Crippen LogP contribution in [0.3, 0.4) is 0 Å². The molecular formula is C14H18N4O. The molecule has 5 nitrogen and oxygen atoms in total. The highest BCUT2D eigenvalue weighted by atomic mass is 16.5. The van der Waals surface area contributed by atoms with Crippen LogP contribution in [-0.4, -0.2) is 21.6 Å². The number of aromatic nitrogens is 3. The first-order chi connectivity index (χ1) is 9.24. The molecule has 1 aliphatic rings. The average molecular weight is 258 g/mol. The lowest BCUT2D eigenvalue weighted by Crippen LogP contribution is -2.12. The van der Waals surface area contributed by atoms with Gasteiger partial charge in [-0.25, -0.2) is 4.68 Å². The summed E-state index contributed by atoms with van der Waals surface area (Å²) in [6.45, 7) is 3.31. The number of hydrogen-bond donors (Lipinski definition) is 1. The van der Waals surface area contributed by atoms with E-state index in [-0.39, 0.29) is 0 Å². The van der Waals surface area contributed by atoms with Gasteiger partial charge in [-0.2, -0.15) is 0 Å². The zero-order valence-electron chi connectivity index (χ0n) is 11.0. The number of benzene rings is 1. The topological polar surface area (TPSA) is 66.0 Å². The molecule has 2 N–H and O–H groups in total. The Morgan fingerprint density at radius 2 is 2.26 bits per heavy atom. The molecule has 1 heterocycles. The molecule has 0 amide bonds. The number of aryl methyl sites for hydroxylation is 1. The van der Waals surface area contributed by atoms with Gasteiger partial charge in [-0.1, -0.05) is 17.3 Å². The molecule has 0 spiro atoms. The molecule has 2 aromatic rings. The number of anilines is 1. The van der Waals surface area contributed by atoms with E-state index in [4.69, 9.17) is 10.5 Å². The number of nitrogens with two attached hydrogens (primary N) is 1. The van der Waals surface area contributed by atoms with Crippen molar-refractivity contribution in [2.24, 2.45) is 0 Å². The van der Waals surface area contributed by atoms with E-state index in [0.717, 1.165) is 11.4 Å². The zero-order chi connectivity index (χ0) is 13.2. The van der Waals surface area contributed by atoms with Crippen molar-refractivity contribution in [3.05, 3.63) is 35.5 Å². The van der Waals surface area contributed by atoms with Gasteiger partial charge in [-0.3, -0.25) is 0 Å². The van der Waals surface area contributed by atoms with Gasteiger partial charge in [0.15, 0.2) is 5.82 Å². The molecule has 100 valence electrons. The Balaban J connectivity index is 1.61. The molecule has 1 fully saturated rings. The van der Waals surface area contributed by atoms with Crippen LogP contribution in [0.25, 0.3) is 0 Å². The summed E-state index contributed by atoms with van der Waals surface area (Å²) in [6, 6.07) is 8.03. The van der Waals surface area contributed by atoms with Crippen LogP contribution in [0.4, 0.5) is 5.82 Å². The minimum absolute atomic E-state index is 0.550. The van der Waals surface area contributed by atoms with Crippen molar-refractivity contribution >= 4 is 5.82 Å². The molecule has 3 rings (SSSR count). The van der Waals surface area contributed by atoms with Gasteiger partial charge >= 0.3 is 0 Å². The second-order valence-corrected chi connectivity index (χ2v) is 5.02. The van der Waals surface area contributed by atoms with Gasteiger partial charge in [0.25, 0.3) is 0 Å². The molecular weight excluding hydrogens is 240 g/mol. The van der Waals surface area contributed by atoms with Gasteiger partial charge in [-0.15, -0.1) is 5.10 Å². The van der Waals surface area contributed by atoms with Crippen molar-refractivity contribution < 1.29 is 4.74 Å². The van der Waals surface area contributed by atoms with Gasteiger partial charge in [0.2, 0.25) is 0 Å². The monoisotopic (exact) mass is 258 g/mol. The van der Waals surface area contributed by atoms with E-state index in [9.17, 15) is 0 Å². The second-order valence-electron chi connectivity index (χ2n) is 5.02. The fourth-order valence-corrected chi connectivity index (χ4v) is 2.23. The van der Waals surface area contributed by atoms with E-state index in [1.807, 2.05) is 22.9 Å². The number of nitrogens with zero attached hydrogens (tertiary/aromatic N) is 3. The van der Waals surface area contributed by atoms with Gasteiger partial charge < -0.3 is 10.5 Å². The molecule has 5 heteroatoms. The number of rotatable bonds is 5. The quantitative estimate of drug-likeness (QED) is 0.892. The smallest absolute Gasteiger partial charge is 0.169 e. The van der Waals surface area contributed by atoms with Crippen LogP contribution in [0.15, 0.2) is 24.3 Å². The van der Waals surface area contributed by atoms with Crippen molar-refractivity contribution in [3.8, 4) is 5.75 Å². The van der Waals surface area contributed by atoms with Gasteiger partial charge in [-0.05, 0) is 37.5 Å². The van der Waals surface area contributed by atoms with Crippen molar-refractivity contribution in [1.29, 1.82) is 0 Å². The second kappa shape index (κ2) is 4.91. The summed E-state index contributed by atoms with van der Waals surface area (Å²) >= 11 is 0. The molecule has 0 saturated heterocycles. The first-order valence-electron chi connectivity index (χ1n) is 6.62. The molecule has 0 atom stereocenters. The van der Waals surface area contributed by atoms with Crippen LogP contribution < -0.4 is 10.5 Å². The fourth-order valence-electron chi connectivity index (χ4n) is 2.23. The molecule has 0 aliphatic heterocycles. The van der Waals surface area contributed by atoms with E-state index in [1.165, 1.54) is 18.4 Å². The number of hydrogen-bond acceptors (Lipinski definition) is 4. The maximum absolute atomic E-state index is 5.85. The van der Waals surface area contributed by atoms with Crippen LogP contribution in [0.2, 0.25) is 0 Å². The summed E-state index contributed by atoms with van der Waals surface area (Å²) in [6.07, 6.45) is 2.38. The first-order valence-corrected chi connectivity index (χ1v) is 6.62. The van der Waals surface area contributed by atoms with Crippen LogP contribution in [0, 0.1) is 6.92 Å². The summed E-state index contributed by atoms with van der Waals surface area (Å²) in [5.74, 6) is 2.01. The van der Waals surface area contributed by atoms with Gasteiger partial charge in [0.1, 0.15) is 12.4 Å². The van der Waals surface area contributed by atoms with E-state index in [0.29, 0.717) is 24.9 Å². The SMILES string of the molecule is Cc1cccc(OCCn2nnc(N)c2C2CC2)c1. The van der Waals surface area contributed by atoms with Crippen LogP contribution >= 0.6 is 0 Å². The third-order valence-corrected chi connectivity index (χ3v) is 3.33. The maximum Gasteiger partial charge on any atom is 0.169 e. The average Bonchev–Trinajstić information content (AvgIpc) is 3.15. The molecule has 0 bridgehead atoms. The predicted octanol–water partition coefficient (Wildman–Crippen LogP) is 2.13. The molecule has 1 aromatic heterocycles. The Bertz CT molecular complexity index is 575. The zero-order valence-corrected chi connectivity index (χ0v) is 11.0. The number of nitrogen functional groups attached to an aromatic ring is 1. The lowest BCUT2D eigenvalue weighted by molar-refractivity contribution is 0.287. The van der Waals surface area contributed by atoms with E-state index in [1.54, 1.807) is 0 Å². The molecule has 0 radical (unpaired) electrons. The summed E-state index contributed by atoms with van der Waals surface area (Å²) < 4.78 is 7.60. The highest BCUT2D eigenvalue weighted by Gasteiger charge is 2.30. The molecule has 1 aromatic carbocycles. The fraction of sp³-hybridized carbons (Fsp3) is 0.429. The Hall–Kier alpha value is -2.04. The summed E-state index contributed by atoms with van der Waals surface area (Å²) in [4.78, 5) is 0. The predicted molar refractivity (Wildman–Crippen MR) is 73.1 cm³/mol. The number of ether oxygens (including phenoxy) is 1. The minimum Gasteiger partial charge on any atom is -0.492 e. The van der Waals surface area contributed by atoms with Crippen LogP contribution in [0.5, 0.6) is 5.75 Å². The van der Waals surface area contributed by atoms with E-state index < -0.39 is 0 Å². The normalized spacial score (nSPS) is 14.6. The summed E-state index contributed by atoms with van der Waals surface area (Å²) in [5, 5.41) is 8.04. The Kier molecular flexibility index (Phi) is 3.11. The first kappa shape index (κ1) is 12.0. The van der Waals surface area contributed by atoms with Crippen LogP contribution in [-0.2, 0) is 6.54 Å². The third kappa shape index (κ3) is 2.70. The van der Waals surface area contributed by atoms with E-state index >= 15 is 0 Å². The molecule has 1 saturated carbocycles. The van der Waals surface area contributed by atoms with Gasteiger partial charge in [0, 0.05) is 5.92 Å².